The van der Waals surface area contributed by atoms with Crippen LogP contribution in [0.1, 0.15) is 5.69 Å². The van der Waals surface area contributed by atoms with E-state index in [-0.39, 0.29) is 0 Å². The number of ether oxygens (including phenoxy) is 2. The first-order valence-electron chi connectivity index (χ1n) is 6.26. The van der Waals surface area contributed by atoms with Gasteiger partial charge in [0.25, 0.3) is 0 Å². The highest BCUT2D eigenvalue weighted by molar-refractivity contribution is 5.92. The molecule has 112 valence electrons. The minimum Gasteiger partial charge on any atom is -0.493 e. The third-order valence-electron chi connectivity index (χ3n) is 2.88. The summed E-state index contributed by atoms with van der Waals surface area (Å²) < 4.78 is 12.0. The number of nitrogens with two attached hydrogens (primary N) is 1. The number of benzene rings is 1. The van der Waals surface area contributed by atoms with Crippen LogP contribution in [-0.4, -0.2) is 35.2 Å². The van der Waals surface area contributed by atoms with Crippen molar-refractivity contribution in [3.63, 3.8) is 0 Å². The van der Waals surface area contributed by atoms with Gasteiger partial charge >= 0.3 is 0 Å². The van der Waals surface area contributed by atoms with Crippen LogP contribution in [0.15, 0.2) is 29.4 Å². The van der Waals surface area contributed by atoms with Crippen molar-refractivity contribution in [1.29, 1.82) is 0 Å². The van der Waals surface area contributed by atoms with Crippen LogP contribution in [0, 0.1) is 0 Å². The first-order valence-corrected chi connectivity index (χ1v) is 6.26. The van der Waals surface area contributed by atoms with E-state index in [0.717, 1.165) is 11.4 Å². The fourth-order valence-corrected chi connectivity index (χ4v) is 1.72. The highest BCUT2D eigenvalue weighted by Gasteiger charge is 2.05. The van der Waals surface area contributed by atoms with Gasteiger partial charge in [0.1, 0.15) is 0 Å². The van der Waals surface area contributed by atoms with Crippen LogP contribution in [0.25, 0.3) is 0 Å². The van der Waals surface area contributed by atoms with Crippen LogP contribution in [0.2, 0.25) is 0 Å². The average molecular weight is 290 g/mol. The van der Waals surface area contributed by atoms with Crippen molar-refractivity contribution in [1.82, 2.24) is 15.0 Å². The molecular formula is C13H18N6O2. The van der Waals surface area contributed by atoms with Gasteiger partial charge in [0.05, 0.1) is 32.7 Å². The average Bonchev–Trinajstić information content (AvgIpc) is 2.90. The Morgan fingerprint density at radius 3 is 2.71 bits per heavy atom. The largest absolute Gasteiger partial charge is 0.493 e. The molecule has 1 aromatic carbocycles. The highest BCUT2D eigenvalue weighted by Crippen LogP contribution is 2.29. The molecule has 0 fully saturated rings. The van der Waals surface area contributed by atoms with Crippen LogP contribution >= 0.6 is 0 Å². The number of nitrogens with one attached hydrogen (secondary N) is 1. The molecule has 8 nitrogen and oxygen atoms in total. The second-order valence-corrected chi connectivity index (χ2v) is 4.25. The summed E-state index contributed by atoms with van der Waals surface area (Å²) in [5.41, 5.74) is 7.48. The normalized spacial score (nSPS) is 11.3. The summed E-state index contributed by atoms with van der Waals surface area (Å²) in [6.45, 7) is 0.398. The molecule has 0 atom stereocenters. The number of aromatic nitrogens is 3. The quantitative estimate of drug-likeness (QED) is 0.623. The van der Waals surface area contributed by atoms with Crippen molar-refractivity contribution in [3.05, 3.63) is 30.1 Å². The molecule has 1 aromatic heterocycles. The third-order valence-corrected chi connectivity index (χ3v) is 2.88. The molecule has 0 bridgehead atoms. The number of hydrogen-bond donors (Lipinski definition) is 2. The monoisotopic (exact) mass is 290 g/mol. The SMILES string of the molecule is COc1ccc(NC(N)=NCc2cnnn2C)cc1OC. The standard InChI is InChI=1S/C13H18N6O2/c1-19-10(8-16-18-19)7-15-13(14)17-9-4-5-11(20-2)12(6-9)21-3/h4-6,8H,7H2,1-3H3,(H3,14,15,17). The highest BCUT2D eigenvalue weighted by atomic mass is 16.5. The molecule has 0 aliphatic heterocycles. The Hall–Kier alpha value is -2.77. The molecule has 8 heteroatoms. The van der Waals surface area contributed by atoms with Crippen molar-refractivity contribution in [2.24, 2.45) is 17.8 Å². The molecule has 0 saturated heterocycles. The Morgan fingerprint density at radius 1 is 1.33 bits per heavy atom. The molecule has 2 aromatic rings. The summed E-state index contributed by atoms with van der Waals surface area (Å²) in [7, 11) is 4.97. The molecular weight excluding hydrogens is 272 g/mol. The van der Waals surface area contributed by atoms with Crippen molar-refractivity contribution in [2.45, 2.75) is 6.54 Å². The minimum atomic E-state index is 0.295. The molecule has 0 radical (unpaired) electrons. The van der Waals surface area contributed by atoms with E-state index in [9.17, 15) is 0 Å². The Morgan fingerprint density at radius 2 is 2.10 bits per heavy atom. The first kappa shape index (κ1) is 14.6. The van der Waals surface area contributed by atoms with Gasteiger partial charge in [-0.2, -0.15) is 0 Å². The van der Waals surface area contributed by atoms with Crippen LogP contribution < -0.4 is 20.5 Å². The van der Waals surface area contributed by atoms with Crippen molar-refractivity contribution in [3.8, 4) is 11.5 Å². The number of aryl methyl sites for hydroxylation is 1. The van der Waals surface area contributed by atoms with E-state index in [0.29, 0.717) is 24.0 Å². The van der Waals surface area contributed by atoms with Crippen LogP contribution in [-0.2, 0) is 13.6 Å². The fourth-order valence-electron chi connectivity index (χ4n) is 1.72. The lowest BCUT2D eigenvalue weighted by atomic mass is 10.3. The van der Waals surface area contributed by atoms with Gasteiger partial charge in [0.15, 0.2) is 17.5 Å². The number of nitrogens with zero attached hydrogens (tertiary/aromatic N) is 4. The topological polar surface area (TPSA) is 99.6 Å². The van der Waals surface area contributed by atoms with Gasteiger partial charge < -0.3 is 20.5 Å². The molecule has 0 unspecified atom stereocenters. The van der Waals surface area contributed by atoms with Crippen LogP contribution in [0.4, 0.5) is 5.69 Å². The maximum atomic E-state index is 5.85. The second-order valence-electron chi connectivity index (χ2n) is 4.25. The minimum absolute atomic E-state index is 0.295. The lowest BCUT2D eigenvalue weighted by molar-refractivity contribution is 0.355. The number of rotatable bonds is 5. The number of anilines is 1. The van der Waals surface area contributed by atoms with Gasteiger partial charge in [-0.1, -0.05) is 5.21 Å². The number of aliphatic imine (C=N–C) groups is 1. The Kier molecular flexibility index (Phi) is 4.60. The molecule has 1 heterocycles. The van der Waals surface area contributed by atoms with E-state index in [2.05, 4.69) is 20.6 Å². The van der Waals surface area contributed by atoms with Crippen molar-refractivity contribution in [2.75, 3.05) is 19.5 Å². The predicted molar refractivity (Wildman–Crippen MR) is 79.5 cm³/mol. The first-order chi connectivity index (χ1) is 10.1. The van der Waals surface area contributed by atoms with Crippen molar-refractivity contribution < 1.29 is 9.47 Å². The van der Waals surface area contributed by atoms with Crippen LogP contribution in [0.5, 0.6) is 11.5 Å². The zero-order valence-electron chi connectivity index (χ0n) is 12.2. The molecule has 0 saturated carbocycles. The molecule has 0 amide bonds. The Bertz CT molecular complexity index is 637. The molecule has 3 N–H and O–H groups in total. The van der Waals surface area contributed by atoms with E-state index in [1.54, 1.807) is 44.3 Å². The predicted octanol–water partition coefficient (Wildman–Crippen LogP) is 0.759. The summed E-state index contributed by atoms with van der Waals surface area (Å²) in [5.74, 6) is 1.56. The zero-order valence-corrected chi connectivity index (χ0v) is 12.2. The molecule has 2 rings (SSSR count). The van der Waals surface area contributed by atoms with E-state index < -0.39 is 0 Å². The molecule has 0 aliphatic rings. The molecule has 0 spiro atoms. The molecule has 21 heavy (non-hydrogen) atoms. The summed E-state index contributed by atoms with van der Waals surface area (Å²) in [4.78, 5) is 4.23. The fraction of sp³-hybridized carbons (Fsp3) is 0.308. The van der Waals surface area contributed by atoms with E-state index in [1.807, 2.05) is 6.07 Å². The lowest BCUT2D eigenvalue weighted by Crippen LogP contribution is -2.22. The maximum Gasteiger partial charge on any atom is 0.193 e. The number of methoxy groups -OCH3 is 2. The van der Waals surface area contributed by atoms with Gasteiger partial charge in [-0.25, -0.2) is 4.99 Å². The van der Waals surface area contributed by atoms with E-state index in [1.165, 1.54) is 0 Å². The van der Waals surface area contributed by atoms with Gasteiger partial charge in [0, 0.05) is 18.8 Å². The zero-order chi connectivity index (χ0) is 15.2. The van der Waals surface area contributed by atoms with Gasteiger partial charge in [-0.3, -0.25) is 4.68 Å². The van der Waals surface area contributed by atoms with Crippen molar-refractivity contribution >= 4 is 11.6 Å². The Labute approximate surface area is 122 Å². The van der Waals surface area contributed by atoms with E-state index >= 15 is 0 Å². The summed E-state index contributed by atoms with van der Waals surface area (Å²) in [6.07, 6.45) is 1.65. The lowest BCUT2D eigenvalue weighted by Gasteiger charge is -2.10. The smallest absolute Gasteiger partial charge is 0.193 e. The van der Waals surface area contributed by atoms with E-state index in [4.69, 9.17) is 15.2 Å². The molecule has 0 aliphatic carbocycles. The van der Waals surface area contributed by atoms with Crippen LogP contribution in [0.3, 0.4) is 0 Å². The number of hydrogen-bond acceptors (Lipinski definition) is 5. The maximum absolute atomic E-state index is 5.85. The Balaban J connectivity index is 2.05. The van der Waals surface area contributed by atoms with Gasteiger partial charge in [-0.05, 0) is 12.1 Å². The van der Waals surface area contributed by atoms with Gasteiger partial charge in [-0.15, -0.1) is 5.10 Å². The second kappa shape index (κ2) is 6.60. The summed E-state index contributed by atoms with van der Waals surface area (Å²) >= 11 is 0. The number of guanidine groups is 1. The third kappa shape index (κ3) is 3.62. The summed E-state index contributed by atoms with van der Waals surface area (Å²) in [6, 6.07) is 5.40. The van der Waals surface area contributed by atoms with Gasteiger partial charge in [0.2, 0.25) is 0 Å². The summed E-state index contributed by atoms with van der Waals surface area (Å²) in [5, 5.41) is 10.6.